The van der Waals surface area contributed by atoms with Crippen molar-refractivity contribution >= 4 is 40.1 Å². The van der Waals surface area contributed by atoms with Crippen LogP contribution in [0.25, 0.3) is 22.2 Å². The third-order valence-corrected chi connectivity index (χ3v) is 5.43. The van der Waals surface area contributed by atoms with Crippen molar-refractivity contribution < 1.29 is 9.18 Å². The van der Waals surface area contributed by atoms with Gasteiger partial charge in [0, 0.05) is 6.54 Å². The first-order valence-electron chi connectivity index (χ1n) is 10.7. The number of fused-ring (bicyclic) bond motifs is 2. The molecule has 0 aliphatic heterocycles. The molecule has 0 saturated carbocycles. The van der Waals surface area contributed by atoms with Crippen LogP contribution in [0.2, 0.25) is 0 Å². The lowest BCUT2D eigenvalue weighted by molar-refractivity contribution is 0.0953. The van der Waals surface area contributed by atoms with Gasteiger partial charge in [0.25, 0.3) is 5.91 Å². The van der Waals surface area contributed by atoms with Crippen molar-refractivity contribution in [3.8, 4) is 0 Å². The highest BCUT2D eigenvalue weighted by Crippen LogP contribution is 2.28. The minimum atomic E-state index is -0.416. The number of hydrogen-bond donors (Lipinski definition) is 2. The van der Waals surface area contributed by atoms with Gasteiger partial charge in [0.2, 0.25) is 0 Å². The molecule has 5 rings (SSSR count). The highest BCUT2D eigenvalue weighted by molar-refractivity contribution is 6.10. The number of rotatable bonds is 5. The van der Waals surface area contributed by atoms with Crippen molar-refractivity contribution in [2.45, 2.75) is 13.5 Å². The van der Waals surface area contributed by atoms with Crippen molar-refractivity contribution in [1.29, 1.82) is 0 Å². The highest BCUT2D eigenvalue weighted by atomic mass is 19.1. The molecule has 5 aromatic rings. The van der Waals surface area contributed by atoms with Crippen LogP contribution in [0.15, 0.2) is 77.9 Å². The van der Waals surface area contributed by atoms with Gasteiger partial charge >= 0.3 is 0 Å². The van der Waals surface area contributed by atoms with E-state index in [9.17, 15) is 9.18 Å². The molecule has 0 fully saturated rings. The molecule has 34 heavy (non-hydrogen) atoms. The molecule has 1 amide bonds. The Balaban J connectivity index is 1.58. The Morgan fingerprint density at radius 1 is 1.06 bits per heavy atom. The molecule has 3 aromatic carbocycles. The summed E-state index contributed by atoms with van der Waals surface area (Å²) in [6.45, 7) is 2.21. The van der Waals surface area contributed by atoms with Crippen molar-refractivity contribution in [3.63, 3.8) is 0 Å². The molecule has 2 heterocycles. The van der Waals surface area contributed by atoms with Gasteiger partial charge in [-0.3, -0.25) is 4.79 Å². The molecule has 8 heteroatoms. The second kappa shape index (κ2) is 8.74. The first-order valence-corrected chi connectivity index (χ1v) is 10.7. The van der Waals surface area contributed by atoms with Crippen molar-refractivity contribution in [2.24, 2.45) is 5.10 Å². The van der Waals surface area contributed by atoms with Gasteiger partial charge in [0.05, 0.1) is 17.2 Å². The summed E-state index contributed by atoms with van der Waals surface area (Å²) < 4.78 is 14.6. The lowest BCUT2D eigenvalue weighted by Crippen LogP contribution is -2.23. The van der Waals surface area contributed by atoms with E-state index in [0.717, 1.165) is 16.7 Å². The Labute approximate surface area is 194 Å². The fraction of sp³-hybridized carbons (Fsp3) is 0.0769. The van der Waals surface area contributed by atoms with E-state index in [1.165, 1.54) is 16.8 Å². The average molecular weight is 452 g/mol. The largest absolute Gasteiger partial charge is 0.383 e. The van der Waals surface area contributed by atoms with Gasteiger partial charge in [-0.15, -0.1) is 0 Å². The summed E-state index contributed by atoms with van der Waals surface area (Å²) in [4.78, 5) is 22.5. The van der Waals surface area contributed by atoms with Crippen LogP contribution in [0.3, 0.4) is 0 Å². The summed E-state index contributed by atoms with van der Waals surface area (Å²) in [5.74, 6) is -0.622. The molecule has 0 unspecified atom stereocenters. The van der Waals surface area contributed by atoms with Crippen molar-refractivity contribution in [1.82, 2.24) is 20.0 Å². The molecule has 7 nitrogen and oxygen atoms in total. The maximum Gasteiger partial charge on any atom is 0.257 e. The summed E-state index contributed by atoms with van der Waals surface area (Å²) >= 11 is 0. The Kier molecular flexibility index (Phi) is 5.47. The number of nitrogens with one attached hydrogen (secondary N) is 1. The number of nitrogens with two attached hydrogens (primary N) is 1. The number of aromatic nitrogens is 3. The van der Waals surface area contributed by atoms with E-state index in [4.69, 9.17) is 5.73 Å². The predicted molar refractivity (Wildman–Crippen MR) is 131 cm³/mol. The zero-order chi connectivity index (χ0) is 23.7. The number of carbonyl (C=O) groups is 1. The second-order valence-corrected chi connectivity index (χ2v) is 7.92. The van der Waals surface area contributed by atoms with Crippen molar-refractivity contribution in [3.05, 3.63) is 101 Å². The summed E-state index contributed by atoms with van der Waals surface area (Å²) in [7, 11) is 0. The molecule has 3 N–H and O–H groups in total. The molecular formula is C26H21FN6O. The molecule has 0 saturated heterocycles. The molecule has 0 bridgehead atoms. The van der Waals surface area contributed by atoms with E-state index in [-0.39, 0.29) is 23.7 Å². The molecule has 0 aliphatic rings. The van der Waals surface area contributed by atoms with Gasteiger partial charge in [-0.1, -0.05) is 54.1 Å². The Morgan fingerprint density at radius 2 is 1.79 bits per heavy atom. The summed E-state index contributed by atoms with van der Waals surface area (Å²) in [6, 6.07) is 21.2. The topological polar surface area (TPSA) is 98.2 Å². The molecule has 0 spiro atoms. The number of anilines is 1. The second-order valence-electron chi connectivity index (χ2n) is 7.92. The van der Waals surface area contributed by atoms with Gasteiger partial charge in [0.15, 0.2) is 5.65 Å². The molecule has 0 radical (unpaired) electrons. The van der Waals surface area contributed by atoms with Crippen LogP contribution in [-0.2, 0) is 6.54 Å². The quantitative estimate of drug-likeness (QED) is 0.386. The van der Waals surface area contributed by atoms with E-state index < -0.39 is 5.91 Å². The van der Waals surface area contributed by atoms with Gasteiger partial charge in [-0.2, -0.15) is 9.78 Å². The van der Waals surface area contributed by atoms with Crippen LogP contribution in [0.1, 0.15) is 27.0 Å². The summed E-state index contributed by atoms with van der Waals surface area (Å²) in [5, 5.41) is 7.36. The smallest absolute Gasteiger partial charge is 0.257 e. The minimum absolute atomic E-state index is 0.130. The Bertz CT molecular complexity index is 1560. The van der Waals surface area contributed by atoms with Crippen LogP contribution < -0.4 is 11.1 Å². The Hall–Kier alpha value is -4.59. The number of nitrogens with zero attached hydrogens (tertiary/aromatic N) is 4. The van der Waals surface area contributed by atoms with Gasteiger partial charge in [-0.25, -0.2) is 14.4 Å². The zero-order valence-electron chi connectivity index (χ0n) is 18.4. The van der Waals surface area contributed by atoms with Crippen molar-refractivity contribution in [2.75, 3.05) is 5.73 Å². The van der Waals surface area contributed by atoms with Gasteiger partial charge < -0.3 is 11.1 Å². The summed E-state index contributed by atoms with van der Waals surface area (Å²) in [5.41, 5.74) is 11.4. The fourth-order valence-corrected chi connectivity index (χ4v) is 3.74. The fourth-order valence-electron chi connectivity index (χ4n) is 3.74. The normalized spacial score (nSPS) is 11.5. The third-order valence-electron chi connectivity index (χ3n) is 5.43. The number of nitrogen functional groups attached to an aromatic ring is 1. The number of hydrogen-bond acceptors (Lipinski definition) is 5. The highest BCUT2D eigenvalue weighted by Gasteiger charge is 2.24. The number of para-hydroxylation sites is 2. The van der Waals surface area contributed by atoms with E-state index in [0.29, 0.717) is 22.2 Å². The van der Waals surface area contributed by atoms with E-state index in [1.54, 1.807) is 18.3 Å². The SMILES string of the molecule is Cc1cccc(/C=N/n2c(N)c(C(=O)NCc3ccc(F)cc3)c3nc4ccccc4nc32)c1. The van der Waals surface area contributed by atoms with Crippen LogP contribution >= 0.6 is 0 Å². The monoisotopic (exact) mass is 452 g/mol. The number of carbonyl (C=O) groups excluding carboxylic acids is 1. The van der Waals surface area contributed by atoms with Crippen LogP contribution in [0, 0.1) is 12.7 Å². The number of aryl methyl sites for hydroxylation is 1. The van der Waals surface area contributed by atoms with Gasteiger partial charge in [-0.05, 0) is 42.3 Å². The minimum Gasteiger partial charge on any atom is -0.383 e. The molecular weight excluding hydrogens is 431 g/mol. The van der Waals surface area contributed by atoms with Crippen LogP contribution in [-0.4, -0.2) is 26.8 Å². The lowest BCUT2D eigenvalue weighted by atomic mass is 10.2. The standard InChI is InChI=1S/C26H21FN6O/c1-16-5-4-6-18(13-16)15-30-33-24(28)22(26(34)29-14-17-9-11-19(27)12-10-17)23-25(33)32-21-8-3-2-7-20(21)31-23/h2-13,15H,14,28H2,1H3,(H,29,34)/b30-15+. The maximum atomic E-state index is 13.2. The average Bonchev–Trinajstić information content (AvgIpc) is 3.10. The van der Waals surface area contributed by atoms with E-state index in [2.05, 4.69) is 20.4 Å². The lowest BCUT2D eigenvalue weighted by Gasteiger charge is -2.06. The number of benzene rings is 3. The first kappa shape index (κ1) is 21.3. The molecule has 0 atom stereocenters. The van der Waals surface area contributed by atoms with E-state index in [1.807, 2.05) is 55.5 Å². The van der Waals surface area contributed by atoms with E-state index >= 15 is 0 Å². The maximum absolute atomic E-state index is 13.2. The van der Waals surface area contributed by atoms with Crippen LogP contribution in [0.5, 0.6) is 0 Å². The predicted octanol–water partition coefficient (Wildman–Crippen LogP) is 4.43. The number of amides is 1. The van der Waals surface area contributed by atoms with Gasteiger partial charge in [0.1, 0.15) is 22.7 Å². The molecule has 168 valence electrons. The molecule has 2 aromatic heterocycles. The van der Waals surface area contributed by atoms with Crippen LogP contribution in [0.4, 0.5) is 10.2 Å². The zero-order valence-corrected chi connectivity index (χ0v) is 18.4. The summed E-state index contributed by atoms with van der Waals surface area (Å²) in [6.07, 6.45) is 1.67. The first-order chi connectivity index (χ1) is 16.5. The Morgan fingerprint density at radius 3 is 2.53 bits per heavy atom. The number of halogens is 1. The molecule has 0 aliphatic carbocycles. The third kappa shape index (κ3) is 4.09.